The van der Waals surface area contributed by atoms with Crippen LogP contribution in [0.15, 0.2) is 83.9 Å². The quantitative estimate of drug-likeness (QED) is 0.363. The third kappa shape index (κ3) is 4.97. The van der Waals surface area contributed by atoms with E-state index in [9.17, 15) is 9.18 Å². The highest BCUT2D eigenvalue weighted by Gasteiger charge is 2.19. The molecule has 0 aliphatic rings. The van der Waals surface area contributed by atoms with Gasteiger partial charge in [0.2, 0.25) is 5.91 Å². The smallest absolute Gasteiger partial charge is 0.233 e. The molecule has 4 rings (SSSR count). The summed E-state index contributed by atoms with van der Waals surface area (Å²) in [6.07, 6.45) is 0. The molecule has 4 nitrogen and oxygen atoms in total. The van der Waals surface area contributed by atoms with E-state index >= 15 is 0 Å². The Morgan fingerprint density at radius 1 is 0.906 bits per heavy atom. The number of nitrogens with zero attached hydrogens (tertiary/aromatic N) is 2. The zero-order valence-corrected chi connectivity index (χ0v) is 18.8. The predicted molar refractivity (Wildman–Crippen MR) is 128 cm³/mol. The zero-order chi connectivity index (χ0) is 22.5. The van der Waals surface area contributed by atoms with Crippen LogP contribution in [0.5, 0.6) is 0 Å². The van der Waals surface area contributed by atoms with Gasteiger partial charge in [0.15, 0.2) is 0 Å². The molecule has 162 valence electrons. The van der Waals surface area contributed by atoms with Crippen molar-refractivity contribution in [3.63, 3.8) is 0 Å². The minimum atomic E-state index is -0.327. The number of thioether (sulfide) groups is 1. The number of hydrogen-bond acceptors (Lipinski definition) is 4. The summed E-state index contributed by atoms with van der Waals surface area (Å²) in [6, 6.07) is 24.2. The van der Waals surface area contributed by atoms with Gasteiger partial charge in [-0.25, -0.2) is 4.39 Å². The van der Waals surface area contributed by atoms with Crippen LogP contribution in [0.1, 0.15) is 25.3 Å². The van der Waals surface area contributed by atoms with Crippen molar-refractivity contribution in [2.45, 2.75) is 30.0 Å². The largest absolute Gasteiger partial charge is 0.355 e. The average Bonchev–Trinajstić information content (AvgIpc) is 2.83. The lowest BCUT2D eigenvalue weighted by atomic mass is 10.0. The van der Waals surface area contributed by atoms with E-state index in [4.69, 9.17) is 0 Å². The number of benzene rings is 3. The van der Waals surface area contributed by atoms with Crippen LogP contribution < -0.4 is 5.32 Å². The lowest BCUT2D eigenvalue weighted by Crippen LogP contribution is -2.33. The summed E-state index contributed by atoms with van der Waals surface area (Å²) in [6.45, 7) is 4.54. The molecule has 0 spiro atoms. The second kappa shape index (κ2) is 9.92. The van der Waals surface area contributed by atoms with E-state index in [1.807, 2.05) is 49.4 Å². The van der Waals surface area contributed by atoms with Crippen LogP contribution in [0.25, 0.3) is 22.0 Å². The predicted octanol–water partition coefficient (Wildman–Crippen LogP) is 5.84. The molecular formula is C26H24FN3OS. The van der Waals surface area contributed by atoms with Gasteiger partial charge in [-0.3, -0.25) is 4.79 Å². The van der Waals surface area contributed by atoms with Crippen molar-refractivity contribution >= 4 is 28.4 Å². The Labute approximate surface area is 191 Å². The fraction of sp³-hybridized carbons (Fsp3) is 0.192. The molecule has 1 heterocycles. The molecule has 2 atom stereocenters. The van der Waals surface area contributed by atoms with Gasteiger partial charge < -0.3 is 5.32 Å². The summed E-state index contributed by atoms with van der Waals surface area (Å²) >= 11 is 1.39. The summed E-state index contributed by atoms with van der Waals surface area (Å²) in [7, 11) is 0. The topological polar surface area (TPSA) is 54.9 Å². The summed E-state index contributed by atoms with van der Waals surface area (Å²) < 4.78 is 13.3. The first-order valence-electron chi connectivity index (χ1n) is 10.5. The van der Waals surface area contributed by atoms with Crippen molar-refractivity contribution in [1.29, 1.82) is 0 Å². The molecule has 0 fully saturated rings. The molecule has 0 radical (unpaired) electrons. The van der Waals surface area contributed by atoms with Gasteiger partial charge in [-0.05, 0) is 42.7 Å². The SMILES string of the molecule is CC(Sc1nnc(-c2ccc(F)cc2)c2ccccc12)C(=O)NCC(C)c1ccccc1. The Balaban J connectivity index is 1.49. The van der Waals surface area contributed by atoms with Crippen molar-refractivity contribution < 1.29 is 9.18 Å². The van der Waals surface area contributed by atoms with Crippen LogP contribution >= 0.6 is 11.8 Å². The second-order valence-corrected chi connectivity index (χ2v) is 9.05. The molecule has 0 aliphatic carbocycles. The number of amides is 1. The fourth-order valence-electron chi connectivity index (χ4n) is 3.51. The molecular weight excluding hydrogens is 421 g/mol. The number of nitrogens with one attached hydrogen (secondary N) is 1. The molecule has 2 unspecified atom stereocenters. The van der Waals surface area contributed by atoms with Crippen LogP contribution in [0, 0.1) is 5.82 Å². The second-order valence-electron chi connectivity index (χ2n) is 7.72. The average molecular weight is 446 g/mol. The van der Waals surface area contributed by atoms with E-state index in [-0.39, 0.29) is 22.9 Å². The lowest BCUT2D eigenvalue weighted by molar-refractivity contribution is -0.120. The molecule has 0 bridgehead atoms. The third-order valence-electron chi connectivity index (χ3n) is 5.38. The standard InChI is InChI=1S/C26H24FN3OS/c1-17(19-8-4-3-5-9-19)16-28-25(31)18(2)32-26-23-11-7-6-10-22(23)24(29-30-26)20-12-14-21(27)15-13-20/h3-15,17-18H,16H2,1-2H3,(H,28,31). The number of fused-ring (bicyclic) bond motifs is 1. The summed E-state index contributed by atoms with van der Waals surface area (Å²) in [5, 5.41) is 14.1. The first-order chi connectivity index (χ1) is 15.5. The van der Waals surface area contributed by atoms with Crippen molar-refractivity contribution in [2.75, 3.05) is 6.54 Å². The van der Waals surface area contributed by atoms with E-state index in [2.05, 4.69) is 34.6 Å². The van der Waals surface area contributed by atoms with Gasteiger partial charge in [-0.1, -0.05) is 73.3 Å². The van der Waals surface area contributed by atoms with E-state index in [1.54, 1.807) is 12.1 Å². The molecule has 6 heteroatoms. The molecule has 1 aromatic heterocycles. The fourth-order valence-corrected chi connectivity index (χ4v) is 4.42. The Bertz CT molecular complexity index is 1210. The summed E-state index contributed by atoms with van der Waals surface area (Å²) in [4.78, 5) is 12.7. The molecule has 1 amide bonds. The minimum Gasteiger partial charge on any atom is -0.355 e. The van der Waals surface area contributed by atoms with Gasteiger partial charge in [-0.15, -0.1) is 10.2 Å². The van der Waals surface area contributed by atoms with Gasteiger partial charge in [0.25, 0.3) is 0 Å². The number of halogens is 1. The Kier molecular flexibility index (Phi) is 6.81. The van der Waals surface area contributed by atoms with Gasteiger partial charge in [0, 0.05) is 22.9 Å². The lowest BCUT2D eigenvalue weighted by Gasteiger charge is -2.16. The molecule has 0 saturated carbocycles. The highest BCUT2D eigenvalue weighted by Crippen LogP contribution is 2.33. The monoisotopic (exact) mass is 445 g/mol. The first kappa shape index (κ1) is 22.0. The third-order valence-corrected chi connectivity index (χ3v) is 6.47. The Morgan fingerprint density at radius 3 is 2.28 bits per heavy atom. The maximum atomic E-state index is 13.3. The van der Waals surface area contributed by atoms with Gasteiger partial charge in [-0.2, -0.15) is 0 Å². The highest BCUT2D eigenvalue weighted by atomic mass is 32.2. The highest BCUT2D eigenvalue weighted by molar-refractivity contribution is 8.00. The van der Waals surface area contributed by atoms with Crippen LogP contribution in [-0.4, -0.2) is 27.9 Å². The van der Waals surface area contributed by atoms with Crippen molar-refractivity contribution in [3.05, 3.63) is 90.2 Å². The molecule has 0 aliphatic heterocycles. The number of aromatic nitrogens is 2. The number of carbonyl (C=O) groups is 1. The zero-order valence-electron chi connectivity index (χ0n) is 18.0. The molecule has 3 aromatic carbocycles. The Morgan fingerprint density at radius 2 is 1.56 bits per heavy atom. The van der Waals surface area contributed by atoms with E-state index in [0.717, 1.165) is 16.3 Å². The molecule has 1 N–H and O–H groups in total. The summed E-state index contributed by atoms with van der Waals surface area (Å²) in [5.41, 5.74) is 2.69. The maximum Gasteiger partial charge on any atom is 0.233 e. The minimum absolute atomic E-state index is 0.0359. The normalized spacial score (nSPS) is 13.0. The van der Waals surface area contributed by atoms with Crippen molar-refractivity contribution in [1.82, 2.24) is 15.5 Å². The number of rotatable bonds is 7. The molecule has 4 aromatic rings. The number of hydrogen-bond donors (Lipinski definition) is 1. The molecule has 32 heavy (non-hydrogen) atoms. The van der Waals surface area contributed by atoms with Gasteiger partial charge in [0.05, 0.1) is 5.25 Å². The van der Waals surface area contributed by atoms with Crippen LogP contribution in [0.4, 0.5) is 4.39 Å². The first-order valence-corrected chi connectivity index (χ1v) is 11.4. The Hall–Kier alpha value is -3.25. The summed E-state index contributed by atoms with van der Waals surface area (Å²) in [5.74, 6) is -0.0983. The van der Waals surface area contributed by atoms with E-state index < -0.39 is 0 Å². The van der Waals surface area contributed by atoms with Crippen molar-refractivity contribution in [2.24, 2.45) is 0 Å². The van der Waals surface area contributed by atoms with E-state index in [0.29, 0.717) is 17.3 Å². The van der Waals surface area contributed by atoms with E-state index in [1.165, 1.54) is 29.5 Å². The molecule has 0 saturated heterocycles. The van der Waals surface area contributed by atoms with Gasteiger partial charge in [0.1, 0.15) is 16.5 Å². The maximum absolute atomic E-state index is 13.3. The number of carbonyl (C=O) groups excluding carboxylic acids is 1. The van der Waals surface area contributed by atoms with Crippen LogP contribution in [-0.2, 0) is 4.79 Å². The van der Waals surface area contributed by atoms with Crippen LogP contribution in [0.2, 0.25) is 0 Å². The van der Waals surface area contributed by atoms with Gasteiger partial charge >= 0.3 is 0 Å². The van der Waals surface area contributed by atoms with Crippen LogP contribution in [0.3, 0.4) is 0 Å². The van der Waals surface area contributed by atoms with Crippen molar-refractivity contribution in [3.8, 4) is 11.3 Å².